The summed E-state index contributed by atoms with van der Waals surface area (Å²) in [5, 5.41) is 3.09. The first kappa shape index (κ1) is 24.7. The van der Waals surface area contributed by atoms with E-state index in [0.717, 1.165) is 21.9 Å². The number of nitrogens with zero attached hydrogens (tertiary/aromatic N) is 1. The molecule has 5 rings (SSSR count). The molecule has 36 heavy (non-hydrogen) atoms. The van der Waals surface area contributed by atoms with Gasteiger partial charge in [0.15, 0.2) is 4.32 Å². The van der Waals surface area contributed by atoms with E-state index in [2.05, 4.69) is 0 Å². The molecule has 1 saturated heterocycles. The molecule has 4 nitrogen and oxygen atoms in total. The van der Waals surface area contributed by atoms with Crippen LogP contribution in [0.5, 0.6) is 11.5 Å². The molecule has 4 aromatic carbocycles. The zero-order chi connectivity index (χ0) is 25.2. The van der Waals surface area contributed by atoms with Gasteiger partial charge in [-0.2, -0.15) is 0 Å². The number of amides is 1. The second-order valence-electron chi connectivity index (χ2n) is 7.94. The molecule has 0 spiro atoms. The monoisotopic (exact) mass is 551 g/mol. The SMILES string of the molecule is COc1ccc(N2C(=O)/C(=C\c3c(OCc4ccc(Cl)cc4Cl)ccc4ccccc34)SC2=S)cc1. The van der Waals surface area contributed by atoms with E-state index in [4.69, 9.17) is 44.9 Å². The third-order valence-corrected chi connectivity index (χ3v) is 7.62. The van der Waals surface area contributed by atoms with Crippen molar-refractivity contribution < 1.29 is 14.3 Å². The number of hydrogen-bond donors (Lipinski definition) is 0. The van der Waals surface area contributed by atoms with E-state index in [9.17, 15) is 4.79 Å². The van der Waals surface area contributed by atoms with Crippen LogP contribution in [0.3, 0.4) is 0 Å². The second-order valence-corrected chi connectivity index (χ2v) is 10.5. The van der Waals surface area contributed by atoms with Crippen LogP contribution in [-0.4, -0.2) is 17.3 Å². The lowest BCUT2D eigenvalue weighted by molar-refractivity contribution is -0.113. The van der Waals surface area contributed by atoms with Crippen LogP contribution in [0, 0.1) is 0 Å². The van der Waals surface area contributed by atoms with Crippen LogP contribution >= 0.6 is 47.2 Å². The average molecular weight is 553 g/mol. The molecule has 0 bridgehead atoms. The fourth-order valence-electron chi connectivity index (χ4n) is 3.90. The number of rotatable bonds is 6. The van der Waals surface area contributed by atoms with Gasteiger partial charge in [-0.15, -0.1) is 0 Å². The number of methoxy groups -OCH3 is 1. The number of halogens is 2. The number of anilines is 1. The summed E-state index contributed by atoms with van der Waals surface area (Å²) in [5.74, 6) is 1.15. The Bertz CT molecular complexity index is 1520. The van der Waals surface area contributed by atoms with Gasteiger partial charge >= 0.3 is 0 Å². The quantitative estimate of drug-likeness (QED) is 0.178. The normalized spacial score (nSPS) is 14.6. The van der Waals surface area contributed by atoms with Crippen molar-refractivity contribution in [2.45, 2.75) is 6.61 Å². The van der Waals surface area contributed by atoms with Crippen molar-refractivity contribution in [3.05, 3.63) is 105 Å². The average Bonchev–Trinajstić information content (AvgIpc) is 3.16. The lowest BCUT2D eigenvalue weighted by Gasteiger charge is -2.15. The number of benzene rings is 4. The van der Waals surface area contributed by atoms with Crippen molar-refractivity contribution >= 4 is 79.9 Å². The summed E-state index contributed by atoms with van der Waals surface area (Å²) in [6.45, 7) is 0.252. The van der Waals surface area contributed by atoms with Crippen molar-refractivity contribution in [2.24, 2.45) is 0 Å². The van der Waals surface area contributed by atoms with Crippen molar-refractivity contribution in [1.29, 1.82) is 0 Å². The zero-order valence-corrected chi connectivity index (χ0v) is 22.2. The number of carbonyl (C=O) groups is 1. The van der Waals surface area contributed by atoms with Gasteiger partial charge < -0.3 is 9.47 Å². The number of ether oxygens (including phenoxy) is 2. The first-order valence-electron chi connectivity index (χ1n) is 10.9. The summed E-state index contributed by atoms with van der Waals surface area (Å²) < 4.78 is 11.9. The molecule has 1 aliphatic heterocycles. The fourth-order valence-corrected chi connectivity index (χ4v) is 5.64. The van der Waals surface area contributed by atoms with Gasteiger partial charge in [-0.05, 0) is 59.3 Å². The van der Waals surface area contributed by atoms with Crippen LogP contribution in [0.15, 0.2) is 83.8 Å². The van der Waals surface area contributed by atoms with Gasteiger partial charge in [0.25, 0.3) is 5.91 Å². The molecular formula is C28H19Cl2NO3S2. The van der Waals surface area contributed by atoms with Crippen LogP contribution in [0.4, 0.5) is 5.69 Å². The van der Waals surface area contributed by atoms with Crippen LogP contribution in [0.2, 0.25) is 10.0 Å². The molecule has 0 aliphatic carbocycles. The summed E-state index contributed by atoms with van der Waals surface area (Å²) in [7, 11) is 1.60. The number of carbonyl (C=O) groups excluding carboxylic acids is 1. The Morgan fingerprint density at radius 1 is 1.00 bits per heavy atom. The number of fused-ring (bicyclic) bond motifs is 1. The van der Waals surface area contributed by atoms with Gasteiger partial charge in [0.2, 0.25) is 0 Å². The lowest BCUT2D eigenvalue weighted by Crippen LogP contribution is -2.27. The number of thioether (sulfide) groups is 1. The molecule has 0 N–H and O–H groups in total. The van der Waals surface area contributed by atoms with E-state index in [0.29, 0.717) is 36.5 Å². The fraction of sp³-hybridized carbons (Fsp3) is 0.0714. The van der Waals surface area contributed by atoms with Crippen molar-refractivity contribution in [2.75, 3.05) is 12.0 Å². The van der Waals surface area contributed by atoms with E-state index in [-0.39, 0.29) is 12.5 Å². The molecule has 1 fully saturated rings. The molecule has 0 radical (unpaired) electrons. The maximum atomic E-state index is 13.4. The summed E-state index contributed by atoms with van der Waals surface area (Å²) in [6.07, 6.45) is 1.85. The highest BCUT2D eigenvalue weighted by atomic mass is 35.5. The smallest absolute Gasteiger partial charge is 0.270 e. The molecule has 8 heteroatoms. The second kappa shape index (κ2) is 10.5. The Labute approximate surface area is 228 Å². The minimum Gasteiger partial charge on any atom is -0.497 e. The van der Waals surface area contributed by atoms with E-state index < -0.39 is 0 Å². The summed E-state index contributed by atoms with van der Waals surface area (Å²) in [5.41, 5.74) is 2.30. The van der Waals surface area contributed by atoms with E-state index in [1.165, 1.54) is 16.7 Å². The van der Waals surface area contributed by atoms with Gasteiger partial charge in [0.05, 0.1) is 17.7 Å². The van der Waals surface area contributed by atoms with Crippen molar-refractivity contribution in [3.63, 3.8) is 0 Å². The van der Waals surface area contributed by atoms with Crippen LogP contribution in [0.25, 0.3) is 16.8 Å². The largest absolute Gasteiger partial charge is 0.497 e. The Kier molecular flexibility index (Phi) is 7.21. The Hall–Kier alpha value is -3.03. The summed E-state index contributed by atoms with van der Waals surface area (Å²) in [4.78, 5) is 15.5. The van der Waals surface area contributed by atoms with Gasteiger partial charge in [0, 0.05) is 21.2 Å². The van der Waals surface area contributed by atoms with E-state index in [1.807, 2.05) is 60.7 Å². The minimum absolute atomic E-state index is 0.185. The van der Waals surface area contributed by atoms with E-state index >= 15 is 0 Å². The van der Waals surface area contributed by atoms with E-state index in [1.54, 1.807) is 31.4 Å². The number of thiocarbonyl (C=S) groups is 1. The molecule has 0 saturated carbocycles. The van der Waals surface area contributed by atoms with Crippen LogP contribution < -0.4 is 14.4 Å². The molecule has 180 valence electrons. The highest BCUT2D eigenvalue weighted by Crippen LogP contribution is 2.39. The lowest BCUT2D eigenvalue weighted by atomic mass is 10.0. The Morgan fingerprint density at radius 3 is 2.53 bits per heavy atom. The standard InChI is InChI=1S/C28H19Cl2NO3S2/c1-33-21-11-9-20(10-12-21)31-27(32)26(36-28(31)35)15-23-22-5-3-2-4-17(22)7-13-25(23)34-16-18-6-8-19(29)14-24(18)30/h2-15H,16H2,1H3/b26-15+. The topological polar surface area (TPSA) is 38.8 Å². The molecule has 1 amide bonds. The van der Waals surface area contributed by atoms with Crippen LogP contribution in [0.1, 0.15) is 11.1 Å². The highest BCUT2D eigenvalue weighted by molar-refractivity contribution is 8.27. The predicted molar refractivity (Wildman–Crippen MR) is 153 cm³/mol. The molecule has 4 aromatic rings. The number of hydrogen-bond acceptors (Lipinski definition) is 5. The third-order valence-electron chi connectivity index (χ3n) is 5.73. The predicted octanol–water partition coefficient (Wildman–Crippen LogP) is 8.14. The van der Waals surface area contributed by atoms with Gasteiger partial charge in [0.1, 0.15) is 18.1 Å². The minimum atomic E-state index is -0.185. The molecule has 1 aliphatic rings. The highest BCUT2D eigenvalue weighted by Gasteiger charge is 2.33. The summed E-state index contributed by atoms with van der Waals surface area (Å²) in [6, 6.07) is 24.4. The van der Waals surface area contributed by atoms with Crippen LogP contribution in [-0.2, 0) is 11.4 Å². The molecule has 0 unspecified atom stereocenters. The maximum Gasteiger partial charge on any atom is 0.270 e. The third kappa shape index (κ3) is 4.95. The molecule has 1 heterocycles. The Balaban J connectivity index is 1.51. The first-order chi connectivity index (χ1) is 17.4. The maximum absolute atomic E-state index is 13.4. The van der Waals surface area contributed by atoms with Gasteiger partial charge in [-0.1, -0.05) is 83.6 Å². The van der Waals surface area contributed by atoms with Gasteiger partial charge in [-0.25, -0.2) is 0 Å². The first-order valence-corrected chi connectivity index (χ1v) is 12.9. The molecule has 0 atom stereocenters. The summed E-state index contributed by atoms with van der Waals surface area (Å²) >= 11 is 19.2. The molecule has 0 aromatic heterocycles. The van der Waals surface area contributed by atoms with Crippen molar-refractivity contribution in [1.82, 2.24) is 0 Å². The molecular weight excluding hydrogens is 533 g/mol. The van der Waals surface area contributed by atoms with Crippen molar-refractivity contribution in [3.8, 4) is 11.5 Å². The van der Waals surface area contributed by atoms with Gasteiger partial charge in [-0.3, -0.25) is 9.69 Å². The zero-order valence-electron chi connectivity index (χ0n) is 19.0. The Morgan fingerprint density at radius 2 is 1.78 bits per heavy atom.